The first-order valence-electron chi connectivity index (χ1n) is 9.57. The van der Waals surface area contributed by atoms with Gasteiger partial charge in [0.1, 0.15) is 17.2 Å². The summed E-state index contributed by atoms with van der Waals surface area (Å²) in [7, 11) is -3.54. The van der Waals surface area contributed by atoms with Crippen LogP contribution in [0.4, 0.5) is 0 Å². The Morgan fingerprint density at radius 3 is 2.13 bits per heavy atom. The third kappa shape index (κ3) is 6.23. The molecule has 158 valence electrons. The Balaban J connectivity index is 1.43. The number of sulfonamides is 1. The topological polar surface area (TPSA) is 64.6 Å². The van der Waals surface area contributed by atoms with Gasteiger partial charge in [-0.25, -0.2) is 13.1 Å². The molecule has 1 N–H and O–H groups in total. The number of nitrogens with one attached hydrogen (secondary N) is 1. The highest BCUT2D eigenvalue weighted by atomic mass is 35.5. The fourth-order valence-electron chi connectivity index (χ4n) is 2.68. The summed E-state index contributed by atoms with van der Waals surface area (Å²) < 4.78 is 38.5. The summed E-state index contributed by atoms with van der Waals surface area (Å²) >= 11 is 5.79. The lowest BCUT2D eigenvalue weighted by molar-refractivity contribution is 0.311. The molecule has 0 radical (unpaired) electrons. The van der Waals surface area contributed by atoms with Crippen molar-refractivity contribution < 1.29 is 17.9 Å². The molecular weight excluding hydrogens is 422 g/mol. The maximum Gasteiger partial charge on any atom is 0.240 e. The zero-order valence-electron chi connectivity index (χ0n) is 16.9. The van der Waals surface area contributed by atoms with Gasteiger partial charge in [-0.2, -0.15) is 0 Å². The summed E-state index contributed by atoms with van der Waals surface area (Å²) in [4.78, 5) is 0.187. The lowest BCUT2D eigenvalue weighted by Gasteiger charge is -2.10. The minimum absolute atomic E-state index is 0.187. The molecule has 0 unspecified atom stereocenters. The Morgan fingerprint density at radius 1 is 0.833 bits per heavy atom. The van der Waals surface area contributed by atoms with Crippen molar-refractivity contribution in [2.75, 3.05) is 13.2 Å². The number of halogens is 1. The monoisotopic (exact) mass is 445 g/mol. The number of rotatable bonds is 9. The molecule has 0 amide bonds. The van der Waals surface area contributed by atoms with Crippen LogP contribution in [0.1, 0.15) is 17.5 Å². The zero-order valence-corrected chi connectivity index (χ0v) is 18.5. The molecular formula is C23H24ClNO4S. The van der Waals surface area contributed by atoms with Gasteiger partial charge in [-0.1, -0.05) is 17.7 Å². The Morgan fingerprint density at radius 2 is 1.47 bits per heavy atom. The van der Waals surface area contributed by atoms with E-state index < -0.39 is 10.0 Å². The molecule has 0 atom stereocenters. The summed E-state index contributed by atoms with van der Waals surface area (Å²) in [6.45, 7) is 4.78. The summed E-state index contributed by atoms with van der Waals surface area (Å²) in [5.74, 6) is 2.21. The smallest absolute Gasteiger partial charge is 0.240 e. The molecule has 0 aliphatic rings. The minimum atomic E-state index is -3.54. The Hall–Kier alpha value is -2.54. The maximum absolute atomic E-state index is 12.2. The Labute approximate surface area is 182 Å². The highest BCUT2D eigenvalue weighted by molar-refractivity contribution is 7.89. The standard InChI is InChI=1S/C23H24ClNO4S/c1-17-4-7-22(16-18(17)2)29-21-10-8-20(9-11-21)28-15-3-14-25-30(26,27)23-12-5-19(24)6-13-23/h4-13,16,25H,3,14-15H2,1-2H3. The van der Waals surface area contributed by atoms with Gasteiger partial charge in [0.15, 0.2) is 0 Å². The second-order valence-corrected chi connectivity index (χ2v) is 9.08. The zero-order chi connectivity index (χ0) is 21.6. The molecule has 0 aliphatic carbocycles. The summed E-state index contributed by atoms with van der Waals surface area (Å²) in [6.07, 6.45) is 0.535. The van der Waals surface area contributed by atoms with E-state index in [4.69, 9.17) is 21.1 Å². The molecule has 7 heteroatoms. The van der Waals surface area contributed by atoms with Crippen LogP contribution in [0.5, 0.6) is 17.2 Å². The number of ether oxygens (including phenoxy) is 2. The second-order valence-electron chi connectivity index (χ2n) is 6.87. The normalized spacial score (nSPS) is 11.3. The van der Waals surface area contributed by atoms with Crippen LogP contribution in [0.15, 0.2) is 71.6 Å². The molecule has 0 saturated carbocycles. The fourth-order valence-corrected chi connectivity index (χ4v) is 3.88. The maximum atomic E-state index is 12.2. The van der Waals surface area contributed by atoms with Gasteiger partial charge in [-0.05, 0) is 92.1 Å². The third-order valence-corrected chi connectivity index (χ3v) is 6.27. The quantitative estimate of drug-likeness (QED) is 0.442. The van der Waals surface area contributed by atoms with Crippen LogP contribution in [0, 0.1) is 13.8 Å². The van der Waals surface area contributed by atoms with Gasteiger partial charge in [0, 0.05) is 11.6 Å². The van der Waals surface area contributed by atoms with E-state index in [1.807, 2.05) is 42.5 Å². The molecule has 0 aliphatic heterocycles. The Bertz CT molecular complexity index is 1080. The van der Waals surface area contributed by atoms with Crippen LogP contribution in [-0.2, 0) is 10.0 Å². The van der Waals surface area contributed by atoms with E-state index in [-0.39, 0.29) is 11.4 Å². The van der Waals surface area contributed by atoms with Crippen LogP contribution in [0.3, 0.4) is 0 Å². The van der Waals surface area contributed by atoms with Crippen molar-refractivity contribution >= 4 is 21.6 Å². The average molecular weight is 446 g/mol. The van der Waals surface area contributed by atoms with E-state index in [0.717, 1.165) is 11.5 Å². The lowest BCUT2D eigenvalue weighted by atomic mass is 10.1. The Kier molecular flexibility index (Phi) is 7.37. The van der Waals surface area contributed by atoms with E-state index in [1.165, 1.54) is 23.3 Å². The van der Waals surface area contributed by atoms with Crippen molar-refractivity contribution in [2.45, 2.75) is 25.2 Å². The van der Waals surface area contributed by atoms with Crippen molar-refractivity contribution in [1.82, 2.24) is 4.72 Å². The summed E-state index contributed by atoms with van der Waals surface area (Å²) in [6, 6.07) is 19.4. The van der Waals surface area contributed by atoms with Gasteiger partial charge in [0.05, 0.1) is 11.5 Å². The lowest BCUT2D eigenvalue weighted by Crippen LogP contribution is -2.25. The summed E-state index contributed by atoms with van der Waals surface area (Å²) in [5, 5.41) is 0.493. The van der Waals surface area contributed by atoms with Crippen LogP contribution in [0.25, 0.3) is 0 Å². The highest BCUT2D eigenvalue weighted by Crippen LogP contribution is 2.25. The van der Waals surface area contributed by atoms with Crippen molar-refractivity contribution in [1.29, 1.82) is 0 Å². The highest BCUT2D eigenvalue weighted by Gasteiger charge is 2.12. The van der Waals surface area contributed by atoms with Gasteiger partial charge < -0.3 is 9.47 Å². The van der Waals surface area contributed by atoms with E-state index in [2.05, 4.69) is 18.6 Å². The molecule has 0 saturated heterocycles. The largest absolute Gasteiger partial charge is 0.494 e. The van der Waals surface area contributed by atoms with Crippen LogP contribution >= 0.6 is 11.6 Å². The molecule has 30 heavy (non-hydrogen) atoms. The van der Waals surface area contributed by atoms with E-state index >= 15 is 0 Å². The molecule has 0 fully saturated rings. The summed E-state index contributed by atoms with van der Waals surface area (Å²) in [5.41, 5.74) is 2.40. The van der Waals surface area contributed by atoms with E-state index in [1.54, 1.807) is 12.1 Å². The van der Waals surface area contributed by atoms with E-state index in [0.29, 0.717) is 23.8 Å². The molecule has 3 aromatic carbocycles. The number of benzene rings is 3. The molecule has 0 bridgehead atoms. The molecule has 5 nitrogen and oxygen atoms in total. The first kappa shape index (κ1) is 22.2. The van der Waals surface area contributed by atoms with Crippen LogP contribution < -0.4 is 14.2 Å². The van der Waals surface area contributed by atoms with Crippen LogP contribution in [-0.4, -0.2) is 21.6 Å². The third-order valence-electron chi connectivity index (χ3n) is 4.54. The van der Waals surface area contributed by atoms with Crippen molar-refractivity contribution in [3.8, 4) is 17.2 Å². The first-order valence-corrected chi connectivity index (χ1v) is 11.4. The van der Waals surface area contributed by atoms with Crippen molar-refractivity contribution in [3.63, 3.8) is 0 Å². The van der Waals surface area contributed by atoms with Crippen LogP contribution in [0.2, 0.25) is 5.02 Å². The molecule has 3 rings (SSSR count). The van der Waals surface area contributed by atoms with Gasteiger partial charge in [-0.15, -0.1) is 0 Å². The number of aryl methyl sites for hydroxylation is 2. The van der Waals surface area contributed by atoms with Gasteiger partial charge in [-0.3, -0.25) is 0 Å². The second kappa shape index (κ2) is 9.98. The minimum Gasteiger partial charge on any atom is -0.494 e. The molecule has 0 heterocycles. The number of hydrogen-bond acceptors (Lipinski definition) is 4. The predicted octanol–water partition coefficient (Wildman–Crippen LogP) is 5.50. The van der Waals surface area contributed by atoms with Gasteiger partial charge in [0.2, 0.25) is 10.0 Å². The molecule has 3 aromatic rings. The van der Waals surface area contributed by atoms with Crippen molar-refractivity contribution in [2.24, 2.45) is 0 Å². The SMILES string of the molecule is Cc1ccc(Oc2ccc(OCCCNS(=O)(=O)c3ccc(Cl)cc3)cc2)cc1C. The van der Waals surface area contributed by atoms with Crippen molar-refractivity contribution in [3.05, 3.63) is 82.9 Å². The number of hydrogen-bond donors (Lipinski definition) is 1. The molecule has 0 spiro atoms. The van der Waals surface area contributed by atoms with Gasteiger partial charge in [0.25, 0.3) is 0 Å². The fraction of sp³-hybridized carbons (Fsp3) is 0.217. The molecule has 0 aromatic heterocycles. The van der Waals surface area contributed by atoms with Gasteiger partial charge >= 0.3 is 0 Å². The van der Waals surface area contributed by atoms with E-state index in [9.17, 15) is 8.42 Å². The predicted molar refractivity (Wildman–Crippen MR) is 119 cm³/mol. The average Bonchev–Trinajstić information content (AvgIpc) is 2.72. The first-order chi connectivity index (χ1) is 14.3.